The SMILES string of the molecule is Nc1ccnc2c1ncn2[C@@H]1O[C@H](CO)C[C@@H]1O.Nc1ncnc2c1ncn2[C@@H]1O[C@H](CO)C(O)[C@@H]1O. The first-order valence-corrected chi connectivity index (χ1v) is 11.4. The lowest BCUT2D eigenvalue weighted by molar-refractivity contribution is -0.0511. The molecule has 7 atom stereocenters. The second-order valence-electron chi connectivity index (χ2n) is 8.67. The molecule has 2 saturated heterocycles. The Balaban J connectivity index is 0.000000152. The lowest BCUT2D eigenvalue weighted by Crippen LogP contribution is -2.33. The van der Waals surface area contributed by atoms with E-state index in [9.17, 15) is 15.3 Å². The number of hydrogen-bond donors (Lipinski definition) is 7. The molecule has 0 aromatic carbocycles. The number of aromatic nitrogens is 7. The van der Waals surface area contributed by atoms with E-state index in [-0.39, 0.29) is 18.5 Å². The van der Waals surface area contributed by atoms with Crippen LogP contribution in [0.3, 0.4) is 0 Å². The molecule has 198 valence electrons. The van der Waals surface area contributed by atoms with E-state index < -0.39 is 43.5 Å². The topological polar surface area (TPSA) is 246 Å². The van der Waals surface area contributed by atoms with Crippen molar-refractivity contribution < 1.29 is 35.0 Å². The van der Waals surface area contributed by atoms with Crippen molar-refractivity contribution in [2.45, 2.75) is 49.4 Å². The molecule has 0 spiro atoms. The highest BCUT2D eigenvalue weighted by Crippen LogP contribution is 2.32. The van der Waals surface area contributed by atoms with Gasteiger partial charge in [0, 0.05) is 12.6 Å². The first-order valence-electron chi connectivity index (χ1n) is 11.4. The van der Waals surface area contributed by atoms with Gasteiger partial charge in [-0.2, -0.15) is 0 Å². The minimum absolute atomic E-state index is 0.115. The quantitative estimate of drug-likeness (QED) is 0.150. The summed E-state index contributed by atoms with van der Waals surface area (Å²) in [7, 11) is 0. The van der Waals surface area contributed by atoms with Crippen LogP contribution in [0, 0.1) is 0 Å². The molecular weight excluding hydrogens is 490 g/mol. The molecule has 0 bridgehead atoms. The number of imidazole rings is 2. The summed E-state index contributed by atoms with van der Waals surface area (Å²) in [5, 5.41) is 47.7. The third-order valence-corrected chi connectivity index (χ3v) is 6.31. The van der Waals surface area contributed by atoms with Crippen LogP contribution in [-0.2, 0) is 9.47 Å². The standard InChI is InChI=1S/C11H14N4O3.C10H13N5O4/c12-7-1-2-13-10-9(7)14-5-15(10)11-8(17)3-6(4-16)18-11;11-8-5-9(13-2-12-8)15(3-14-5)10-7(18)6(17)4(1-16)19-10/h1-2,5-6,8,11,16-17H,3-4H2,(H2,12,13);2-4,6-7,10,16-18H,1H2,(H2,11,12,13)/t6-,8-,11+;4-,6?,7+,10-/m01/s1. The molecule has 6 rings (SSSR count). The Kier molecular flexibility index (Phi) is 6.86. The van der Waals surface area contributed by atoms with Gasteiger partial charge in [-0.1, -0.05) is 0 Å². The third-order valence-electron chi connectivity index (χ3n) is 6.31. The predicted molar refractivity (Wildman–Crippen MR) is 126 cm³/mol. The van der Waals surface area contributed by atoms with Crippen molar-refractivity contribution in [3.8, 4) is 0 Å². The summed E-state index contributed by atoms with van der Waals surface area (Å²) in [5.41, 5.74) is 13.9. The van der Waals surface area contributed by atoms with Gasteiger partial charge in [-0.25, -0.2) is 24.9 Å². The molecule has 0 amide bonds. The number of pyridine rings is 1. The van der Waals surface area contributed by atoms with Crippen LogP contribution in [0.5, 0.6) is 0 Å². The first-order chi connectivity index (χ1) is 17.8. The summed E-state index contributed by atoms with van der Waals surface area (Å²) in [6, 6.07) is 1.67. The second-order valence-corrected chi connectivity index (χ2v) is 8.67. The van der Waals surface area contributed by atoms with Crippen molar-refractivity contribution in [3.05, 3.63) is 31.2 Å². The number of fused-ring (bicyclic) bond motifs is 2. The maximum atomic E-state index is 9.95. The highest BCUT2D eigenvalue weighted by molar-refractivity contribution is 5.83. The summed E-state index contributed by atoms with van der Waals surface area (Å²) in [6.45, 7) is -0.506. The lowest BCUT2D eigenvalue weighted by atomic mass is 10.1. The molecule has 6 heterocycles. The zero-order valence-electron chi connectivity index (χ0n) is 19.4. The van der Waals surface area contributed by atoms with Gasteiger partial charge in [-0.15, -0.1) is 0 Å². The smallest absolute Gasteiger partial charge is 0.167 e. The first kappa shape index (κ1) is 25.2. The molecule has 37 heavy (non-hydrogen) atoms. The van der Waals surface area contributed by atoms with Gasteiger partial charge in [0.25, 0.3) is 0 Å². The van der Waals surface area contributed by atoms with E-state index in [1.54, 1.807) is 23.2 Å². The molecule has 2 aliphatic heterocycles. The molecular formula is C21H27N9O7. The molecule has 4 aromatic rings. The Labute approximate surface area is 208 Å². The molecule has 16 nitrogen and oxygen atoms in total. The molecule has 2 fully saturated rings. The van der Waals surface area contributed by atoms with Crippen LogP contribution in [0.1, 0.15) is 18.9 Å². The van der Waals surface area contributed by atoms with Crippen LogP contribution in [0.15, 0.2) is 31.2 Å². The van der Waals surface area contributed by atoms with E-state index in [1.165, 1.54) is 17.2 Å². The monoisotopic (exact) mass is 517 g/mol. The summed E-state index contributed by atoms with van der Waals surface area (Å²) >= 11 is 0. The van der Waals surface area contributed by atoms with Crippen molar-refractivity contribution in [2.75, 3.05) is 24.7 Å². The fourth-order valence-electron chi connectivity index (χ4n) is 4.40. The Hall–Kier alpha value is -3.51. The summed E-state index contributed by atoms with van der Waals surface area (Å²) in [5.74, 6) is 0.218. The van der Waals surface area contributed by atoms with Crippen LogP contribution in [0.2, 0.25) is 0 Å². The van der Waals surface area contributed by atoms with E-state index in [0.29, 0.717) is 34.4 Å². The number of nitrogens with two attached hydrogens (primary N) is 2. The zero-order valence-corrected chi connectivity index (χ0v) is 19.4. The number of ether oxygens (including phenoxy) is 2. The summed E-state index contributed by atoms with van der Waals surface area (Å²) in [4.78, 5) is 20.3. The number of aliphatic hydroxyl groups is 5. The largest absolute Gasteiger partial charge is 0.397 e. The fourth-order valence-corrected chi connectivity index (χ4v) is 4.40. The molecule has 16 heteroatoms. The molecule has 1 unspecified atom stereocenters. The van der Waals surface area contributed by atoms with Crippen LogP contribution in [0.25, 0.3) is 22.3 Å². The zero-order chi connectivity index (χ0) is 26.3. The number of hydrogen-bond acceptors (Lipinski definition) is 14. The molecule has 0 radical (unpaired) electrons. The van der Waals surface area contributed by atoms with Crippen molar-refractivity contribution in [2.24, 2.45) is 0 Å². The highest BCUT2D eigenvalue weighted by Gasteiger charge is 2.44. The van der Waals surface area contributed by atoms with Gasteiger partial charge in [0.2, 0.25) is 0 Å². The maximum Gasteiger partial charge on any atom is 0.167 e. The minimum atomic E-state index is -1.19. The van der Waals surface area contributed by atoms with Gasteiger partial charge in [-0.3, -0.25) is 9.13 Å². The second kappa shape index (κ2) is 10.1. The molecule has 2 aliphatic rings. The fraction of sp³-hybridized carbons (Fsp3) is 0.476. The Morgan fingerprint density at radius 2 is 1.54 bits per heavy atom. The van der Waals surface area contributed by atoms with Gasteiger partial charge in [-0.05, 0) is 6.07 Å². The minimum Gasteiger partial charge on any atom is -0.397 e. The average molecular weight is 518 g/mol. The molecule has 0 aliphatic carbocycles. The van der Waals surface area contributed by atoms with Gasteiger partial charge in [0.15, 0.2) is 29.6 Å². The molecule has 9 N–H and O–H groups in total. The number of anilines is 2. The Bertz CT molecular complexity index is 1380. The van der Waals surface area contributed by atoms with E-state index in [2.05, 4.69) is 24.9 Å². The molecule has 4 aromatic heterocycles. The number of rotatable bonds is 4. The Morgan fingerprint density at radius 3 is 2.22 bits per heavy atom. The van der Waals surface area contributed by atoms with Crippen molar-refractivity contribution in [1.29, 1.82) is 0 Å². The van der Waals surface area contributed by atoms with Gasteiger partial charge in [0.05, 0.1) is 37.7 Å². The molecule has 0 saturated carbocycles. The maximum absolute atomic E-state index is 9.95. The van der Waals surface area contributed by atoms with E-state index in [0.717, 1.165) is 0 Å². The predicted octanol–water partition coefficient (Wildman–Crippen LogP) is -2.33. The summed E-state index contributed by atoms with van der Waals surface area (Å²) in [6.07, 6.45) is 0.465. The summed E-state index contributed by atoms with van der Waals surface area (Å²) < 4.78 is 14.1. The number of aliphatic hydroxyl groups excluding tert-OH is 5. The normalized spacial score (nSPS) is 29.6. The van der Waals surface area contributed by atoms with Crippen LogP contribution in [0.4, 0.5) is 11.5 Å². The van der Waals surface area contributed by atoms with Gasteiger partial charge < -0.3 is 46.5 Å². The van der Waals surface area contributed by atoms with E-state index >= 15 is 0 Å². The van der Waals surface area contributed by atoms with E-state index in [1.807, 2.05) is 0 Å². The van der Waals surface area contributed by atoms with Crippen LogP contribution >= 0.6 is 0 Å². The van der Waals surface area contributed by atoms with Crippen LogP contribution < -0.4 is 11.5 Å². The number of nitrogen functional groups attached to an aromatic ring is 2. The average Bonchev–Trinajstić information content (AvgIpc) is 3.66. The van der Waals surface area contributed by atoms with Gasteiger partial charge >= 0.3 is 0 Å². The van der Waals surface area contributed by atoms with Crippen molar-refractivity contribution >= 4 is 33.8 Å². The third kappa shape index (κ3) is 4.44. The highest BCUT2D eigenvalue weighted by atomic mass is 16.6. The number of nitrogens with zero attached hydrogens (tertiary/aromatic N) is 7. The van der Waals surface area contributed by atoms with Crippen molar-refractivity contribution in [1.82, 2.24) is 34.1 Å². The van der Waals surface area contributed by atoms with E-state index in [4.69, 9.17) is 31.2 Å². The van der Waals surface area contributed by atoms with Crippen molar-refractivity contribution in [3.63, 3.8) is 0 Å². The Morgan fingerprint density at radius 1 is 0.838 bits per heavy atom. The van der Waals surface area contributed by atoms with Gasteiger partial charge in [0.1, 0.15) is 41.8 Å². The van der Waals surface area contributed by atoms with Crippen LogP contribution in [-0.4, -0.2) is 103 Å². The lowest BCUT2D eigenvalue weighted by Gasteiger charge is -2.16.